The fraction of sp³-hybridized carbons (Fsp3) is 0.333. The maximum atomic E-state index is 11.7. The molecule has 5 heteroatoms. The Balaban J connectivity index is 2.92. The number of rotatable bonds is 4. The molecule has 0 aliphatic carbocycles. The van der Waals surface area contributed by atoms with Gasteiger partial charge >= 0.3 is 5.97 Å². The summed E-state index contributed by atoms with van der Waals surface area (Å²) in [7, 11) is 0. The Labute approximate surface area is 99.5 Å². The number of anilines is 1. The number of carboxylic acids is 1. The number of hydrogen-bond acceptors (Lipinski definition) is 2. The van der Waals surface area contributed by atoms with Gasteiger partial charge in [-0.2, -0.15) is 0 Å². The number of allylic oxidation sites excluding steroid dienone is 1. The lowest BCUT2D eigenvalue weighted by molar-refractivity contribution is -0.112. The molecule has 1 rings (SSSR count). The summed E-state index contributed by atoms with van der Waals surface area (Å²) in [6.07, 6.45) is 2.55. The summed E-state index contributed by atoms with van der Waals surface area (Å²) in [4.78, 5) is 25.3. The average Bonchev–Trinajstić information content (AvgIpc) is 2.60. The highest BCUT2D eigenvalue weighted by Gasteiger charge is 2.15. The van der Waals surface area contributed by atoms with Crippen LogP contribution < -0.4 is 5.32 Å². The first-order valence-electron chi connectivity index (χ1n) is 5.36. The van der Waals surface area contributed by atoms with E-state index in [1.54, 1.807) is 26.0 Å². The van der Waals surface area contributed by atoms with Gasteiger partial charge in [0.1, 0.15) is 5.69 Å². The van der Waals surface area contributed by atoms with E-state index < -0.39 is 5.97 Å². The molecule has 0 aliphatic heterocycles. The van der Waals surface area contributed by atoms with Crippen LogP contribution in [0.15, 0.2) is 17.7 Å². The number of aryl methyl sites for hydroxylation is 1. The minimum absolute atomic E-state index is 0.000137. The van der Waals surface area contributed by atoms with Crippen molar-refractivity contribution in [3.05, 3.63) is 29.1 Å². The zero-order valence-electron chi connectivity index (χ0n) is 10.1. The predicted molar refractivity (Wildman–Crippen MR) is 65.2 cm³/mol. The molecular weight excluding hydrogens is 220 g/mol. The molecule has 5 nitrogen and oxygen atoms in total. The van der Waals surface area contributed by atoms with Gasteiger partial charge in [0.15, 0.2) is 0 Å². The van der Waals surface area contributed by atoms with Crippen LogP contribution >= 0.6 is 0 Å². The number of H-pyrrole nitrogens is 1. The van der Waals surface area contributed by atoms with E-state index in [1.807, 2.05) is 6.92 Å². The number of aromatic amines is 1. The van der Waals surface area contributed by atoms with Gasteiger partial charge in [-0.1, -0.05) is 13.0 Å². The topological polar surface area (TPSA) is 82.2 Å². The van der Waals surface area contributed by atoms with Crippen molar-refractivity contribution in [1.29, 1.82) is 0 Å². The second kappa shape index (κ2) is 5.34. The van der Waals surface area contributed by atoms with Crippen LogP contribution in [-0.2, 0) is 4.79 Å². The number of nitrogens with one attached hydrogen (secondary N) is 2. The van der Waals surface area contributed by atoms with Crippen molar-refractivity contribution in [3.8, 4) is 0 Å². The molecule has 0 unspecified atom stereocenters. The SMILES string of the molecule is CC/C=C(/C)C(=O)Nc1cc(C)[nH]c1C(=O)O. The molecule has 1 aromatic heterocycles. The predicted octanol–water partition coefficient (Wildman–Crippen LogP) is 2.32. The Kier molecular flexibility index (Phi) is 4.09. The van der Waals surface area contributed by atoms with Crippen LogP contribution in [0.3, 0.4) is 0 Å². The molecule has 1 aromatic rings. The van der Waals surface area contributed by atoms with Gasteiger partial charge in [-0.05, 0) is 26.3 Å². The molecule has 1 amide bonds. The largest absolute Gasteiger partial charge is 0.477 e. The van der Waals surface area contributed by atoms with Gasteiger partial charge in [-0.3, -0.25) is 4.79 Å². The molecule has 0 aromatic carbocycles. The van der Waals surface area contributed by atoms with Gasteiger partial charge in [-0.15, -0.1) is 0 Å². The number of amides is 1. The lowest BCUT2D eigenvalue weighted by Gasteiger charge is -2.04. The summed E-state index contributed by atoms with van der Waals surface area (Å²) in [5, 5.41) is 11.5. The van der Waals surface area contributed by atoms with E-state index in [9.17, 15) is 9.59 Å². The highest BCUT2D eigenvalue weighted by molar-refractivity contribution is 6.06. The third kappa shape index (κ3) is 3.21. The van der Waals surface area contributed by atoms with Crippen molar-refractivity contribution in [2.45, 2.75) is 27.2 Å². The van der Waals surface area contributed by atoms with E-state index in [0.29, 0.717) is 17.0 Å². The van der Waals surface area contributed by atoms with Gasteiger partial charge in [0.2, 0.25) is 0 Å². The number of hydrogen-bond donors (Lipinski definition) is 3. The van der Waals surface area contributed by atoms with Crippen molar-refractivity contribution in [3.63, 3.8) is 0 Å². The Morgan fingerprint density at radius 3 is 2.71 bits per heavy atom. The summed E-state index contributed by atoms with van der Waals surface area (Å²) in [5.74, 6) is -1.38. The molecule has 0 radical (unpaired) electrons. The number of aromatic nitrogens is 1. The van der Waals surface area contributed by atoms with Crippen LogP contribution in [0.5, 0.6) is 0 Å². The van der Waals surface area contributed by atoms with Crippen molar-refractivity contribution >= 4 is 17.6 Å². The fourth-order valence-corrected chi connectivity index (χ4v) is 1.48. The first-order chi connectivity index (χ1) is 7.95. The van der Waals surface area contributed by atoms with E-state index >= 15 is 0 Å². The molecule has 0 atom stereocenters. The zero-order valence-corrected chi connectivity index (χ0v) is 10.1. The monoisotopic (exact) mass is 236 g/mol. The van der Waals surface area contributed by atoms with Gasteiger partial charge < -0.3 is 15.4 Å². The summed E-state index contributed by atoms with van der Waals surface area (Å²) in [6.45, 7) is 5.36. The zero-order chi connectivity index (χ0) is 13.0. The molecule has 0 fully saturated rings. The molecule has 17 heavy (non-hydrogen) atoms. The highest BCUT2D eigenvalue weighted by Crippen LogP contribution is 2.17. The van der Waals surface area contributed by atoms with Crippen molar-refractivity contribution in [2.24, 2.45) is 0 Å². The van der Waals surface area contributed by atoms with E-state index in [4.69, 9.17) is 5.11 Å². The molecule has 0 bridgehead atoms. The first-order valence-corrected chi connectivity index (χ1v) is 5.36. The quantitative estimate of drug-likeness (QED) is 0.701. The van der Waals surface area contributed by atoms with Crippen LogP contribution in [0.25, 0.3) is 0 Å². The number of carbonyl (C=O) groups is 2. The summed E-state index contributed by atoms with van der Waals surface area (Å²) in [5.41, 5.74) is 1.56. The maximum Gasteiger partial charge on any atom is 0.354 e. The Hall–Kier alpha value is -2.04. The van der Waals surface area contributed by atoms with Crippen molar-refractivity contribution < 1.29 is 14.7 Å². The Morgan fingerprint density at radius 1 is 1.53 bits per heavy atom. The van der Waals surface area contributed by atoms with E-state index in [-0.39, 0.29) is 11.6 Å². The standard InChI is InChI=1S/C12H16N2O3/c1-4-5-7(2)11(15)14-9-6-8(3)13-10(9)12(16)17/h5-6,13H,4H2,1-3H3,(H,14,15)(H,16,17)/b7-5-. The first kappa shape index (κ1) is 13.0. The summed E-state index contributed by atoms with van der Waals surface area (Å²) >= 11 is 0. The normalized spacial score (nSPS) is 11.4. The average molecular weight is 236 g/mol. The third-order valence-corrected chi connectivity index (χ3v) is 2.28. The molecule has 0 aliphatic rings. The minimum atomic E-state index is -1.09. The molecule has 0 spiro atoms. The molecule has 3 N–H and O–H groups in total. The van der Waals surface area contributed by atoms with Crippen molar-refractivity contribution in [1.82, 2.24) is 4.98 Å². The van der Waals surface area contributed by atoms with Crippen LogP contribution in [0.2, 0.25) is 0 Å². The van der Waals surface area contributed by atoms with Crippen LogP contribution in [0.4, 0.5) is 5.69 Å². The molecule has 92 valence electrons. The van der Waals surface area contributed by atoms with Crippen LogP contribution in [-0.4, -0.2) is 22.0 Å². The lowest BCUT2D eigenvalue weighted by atomic mass is 10.2. The smallest absolute Gasteiger partial charge is 0.354 e. The van der Waals surface area contributed by atoms with E-state index in [0.717, 1.165) is 6.42 Å². The molecular formula is C12H16N2O3. The van der Waals surface area contributed by atoms with Gasteiger partial charge in [0.05, 0.1) is 5.69 Å². The number of aromatic carboxylic acids is 1. The third-order valence-electron chi connectivity index (χ3n) is 2.28. The second-order valence-corrected chi connectivity index (χ2v) is 3.80. The lowest BCUT2D eigenvalue weighted by Crippen LogP contribution is -2.14. The fourth-order valence-electron chi connectivity index (χ4n) is 1.48. The van der Waals surface area contributed by atoms with Crippen LogP contribution in [0.1, 0.15) is 36.5 Å². The number of carboxylic acid groups (broad SMARTS) is 1. The number of carbonyl (C=O) groups excluding carboxylic acids is 1. The molecule has 1 heterocycles. The molecule has 0 saturated heterocycles. The van der Waals surface area contributed by atoms with E-state index in [1.165, 1.54) is 0 Å². The maximum absolute atomic E-state index is 11.7. The van der Waals surface area contributed by atoms with E-state index in [2.05, 4.69) is 10.3 Å². The Morgan fingerprint density at radius 2 is 2.18 bits per heavy atom. The summed E-state index contributed by atoms with van der Waals surface area (Å²) < 4.78 is 0. The van der Waals surface area contributed by atoms with Gasteiger partial charge in [0.25, 0.3) is 5.91 Å². The Bertz CT molecular complexity index is 472. The minimum Gasteiger partial charge on any atom is -0.477 e. The second-order valence-electron chi connectivity index (χ2n) is 3.80. The van der Waals surface area contributed by atoms with Crippen molar-refractivity contribution in [2.75, 3.05) is 5.32 Å². The van der Waals surface area contributed by atoms with Gasteiger partial charge in [0, 0.05) is 11.3 Å². The summed E-state index contributed by atoms with van der Waals surface area (Å²) in [6, 6.07) is 1.60. The molecule has 0 saturated carbocycles. The van der Waals surface area contributed by atoms with Gasteiger partial charge in [-0.25, -0.2) is 4.79 Å². The highest BCUT2D eigenvalue weighted by atomic mass is 16.4. The van der Waals surface area contributed by atoms with Crippen LogP contribution in [0, 0.1) is 6.92 Å².